The van der Waals surface area contributed by atoms with Crippen LogP contribution in [0, 0.1) is 0 Å². The van der Waals surface area contributed by atoms with E-state index in [1.807, 2.05) is 0 Å². The van der Waals surface area contributed by atoms with E-state index in [0.29, 0.717) is 16.8 Å². The highest BCUT2D eigenvalue weighted by molar-refractivity contribution is 8.00. The second-order valence-electron chi connectivity index (χ2n) is 8.46. The molecule has 1 heterocycles. The first-order chi connectivity index (χ1) is 19.0. The third kappa shape index (κ3) is 9.06. The zero-order valence-electron chi connectivity index (χ0n) is 21.0. The average Bonchev–Trinajstić information content (AvgIpc) is 2.90. The molecule has 2 unspecified atom stereocenters. The van der Waals surface area contributed by atoms with Gasteiger partial charge < -0.3 is 35.7 Å². The van der Waals surface area contributed by atoms with Gasteiger partial charge in [-0.25, -0.2) is 4.98 Å². The van der Waals surface area contributed by atoms with Crippen LogP contribution in [0.2, 0.25) is 0 Å². The molecule has 0 bridgehead atoms. The Hall–Kier alpha value is -4.50. The first-order valence-corrected chi connectivity index (χ1v) is 13.0. The van der Waals surface area contributed by atoms with Crippen molar-refractivity contribution in [1.82, 2.24) is 15.6 Å². The van der Waals surface area contributed by atoms with Crippen LogP contribution >= 0.6 is 11.8 Å². The first-order valence-electron chi connectivity index (χ1n) is 11.9. The summed E-state index contributed by atoms with van der Waals surface area (Å²) < 4.78 is 11.0. The van der Waals surface area contributed by atoms with Gasteiger partial charge in [0.2, 0.25) is 11.8 Å². The fraction of sp³-hybridized carbons (Fsp3) is 0.320. The molecule has 6 N–H and O–H groups in total. The van der Waals surface area contributed by atoms with E-state index >= 15 is 0 Å². The van der Waals surface area contributed by atoms with E-state index in [9.17, 15) is 28.8 Å². The number of rotatable bonds is 14. The molecule has 1 aliphatic heterocycles. The Labute approximate surface area is 230 Å². The molecule has 0 saturated heterocycles. The summed E-state index contributed by atoms with van der Waals surface area (Å²) >= 11 is 0.999. The molecule has 0 spiro atoms. The predicted octanol–water partition coefficient (Wildman–Crippen LogP) is 0.199. The van der Waals surface area contributed by atoms with E-state index in [2.05, 4.69) is 15.6 Å². The Morgan fingerprint density at radius 3 is 2.55 bits per heavy atom. The standard InChI is InChI=1S/C25H26N4O10S/c26-15(25(36)37)3-6-21(31)27-11-20(24(35)28-12-22(32)33)40-8-7-23(34)38-14-2-5-17-19(10-14)39-18-9-13(30)1-4-16(18)29-17/h1-2,4-5,9-10,15,20H,3,6-8,11-12,26H2,(H,27,31)(H,28,35)(H,32,33)(H,36,37). The van der Waals surface area contributed by atoms with E-state index < -0.39 is 47.6 Å². The van der Waals surface area contributed by atoms with Crippen molar-refractivity contribution in [3.8, 4) is 17.2 Å². The van der Waals surface area contributed by atoms with Crippen molar-refractivity contribution in [3.05, 3.63) is 46.6 Å². The van der Waals surface area contributed by atoms with Gasteiger partial charge in [0.25, 0.3) is 0 Å². The van der Waals surface area contributed by atoms with Crippen molar-refractivity contribution in [2.75, 3.05) is 18.8 Å². The van der Waals surface area contributed by atoms with Crippen LogP contribution in [0.1, 0.15) is 19.3 Å². The second-order valence-corrected chi connectivity index (χ2v) is 9.77. The average molecular weight is 575 g/mol. The van der Waals surface area contributed by atoms with Gasteiger partial charge in [-0.15, -0.1) is 11.8 Å². The number of nitrogens with one attached hydrogen (secondary N) is 2. The van der Waals surface area contributed by atoms with Crippen molar-refractivity contribution < 1.29 is 43.3 Å². The summed E-state index contributed by atoms with van der Waals surface area (Å²) in [6.07, 6.45) is -0.418. The van der Waals surface area contributed by atoms with Gasteiger partial charge in [0, 0.05) is 30.9 Å². The molecule has 0 aromatic heterocycles. The number of esters is 1. The molecular formula is C25H26N4O10S. The minimum Gasteiger partial charge on any atom is -0.480 e. The van der Waals surface area contributed by atoms with E-state index in [4.69, 9.17) is 25.1 Å². The summed E-state index contributed by atoms with van der Waals surface area (Å²) in [6.45, 7) is -0.822. The van der Waals surface area contributed by atoms with Gasteiger partial charge in [-0.05, 0) is 30.7 Å². The number of carboxylic acid groups (broad SMARTS) is 2. The number of nitrogens with two attached hydrogens (primary N) is 1. The maximum absolute atomic E-state index is 12.4. The number of carbonyl (C=O) groups excluding carboxylic acids is 3. The summed E-state index contributed by atoms with van der Waals surface area (Å²) in [5, 5.41) is 21.4. The van der Waals surface area contributed by atoms with Crippen LogP contribution in [0.3, 0.4) is 0 Å². The van der Waals surface area contributed by atoms with Gasteiger partial charge in [-0.1, -0.05) is 0 Å². The van der Waals surface area contributed by atoms with Crippen LogP contribution in [0.25, 0.3) is 22.6 Å². The number of fused-ring (bicyclic) bond motifs is 2. The first kappa shape index (κ1) is 30.0. The van der Waals surface area contributed by atoms with Gasteiger partial charge >= 0.3 is 17.9 Å². The topological polar surface area (TPSA) is 228 Å². The minimum atomic E-state index is -1.26. The number of benzene rings is 2. The Morgan fingerprint density at radius 2 is 1.82 bits per heavy atom. The third-order valence-electron chi connectivity index (χ3n) is 5.37. The molecule has 14 nitrogen and oxygen atoms in total. The predicted molar refractivity (Wildman–Crippen MR) is 142 cm³/mol. The zero-order chi connectivity index (χ0) is 29.2. The van der Waals surface area contributed by atoms with Crippen LogP contribution in [-0.2, 0) is 24.0 Å². The van der Waals surface area contributed by atoms with Crippen LogP contribution in [0.4, 0.5) is 0 Å². The minimum absolute atomic E-state index is 0.0974. The summed E-state index contributed by atoms with van der Waals surface area (Å²) in [5.41, 5.74) is 6.42. The van der Waals surface area contributed by atoms with Crippen LogP contribution in [0.15, 0.2) is 45.6 Å². The molecule has 2 aliphatic rings. The smallest absolute Gasteiger partial charge is 0.322 e. The highest BCUT2D eigenvalue weighted by Gasteiger charge is 2.22. The highest BCUT2D eigenvalue weighted by Crippen LogP contribution is 2.26. The fourth-order valence-electron chi connectivity index (χ4n) is 3.32. The molecule has 40 heavy (non-hydrogen) atoms. The number of carbonyl (C=O) groups is 5. The molecular weight excluding hydrogens is 548 g/mol. The maximum Gasteiger partial charge on any atom is 0.322 e. The van der Waals surface area contributed by atoms with Crippen molar-refractivity contribution in [2.45, 2.75) is 30.6 Å². The molecule has 15 heteroatoms. The fourth-order valence-corrected chi connectivity index (χ4v) is 4.33. The Kier molecular flexibility index (Phi) is 10.6. The van der Waals surface area contributed by atoms with Crippen molar-refractivity contribution in [3.63, 3.8) is 0 Å². The van der Waals surface area contributed by atoms with Gasteiger partial charge in [-0.2, -0.15) is 0 Å². The van der Waals surface area contributed by atoms with Crippen LogP contribution in [-0.4, -0.2) is 75.1 Å². The molecule has 0 saturated carbocycles. The summed E-state index contributed by atoms with van der Waals surface area (Å²) in [6, 6.07) is 7.58. The Balaban J connectivity index is 1.55. The molecule has 3 rings (SSSR count). The normalized spacial score (nSPS) is 12.4. The lowest BCUT2D eigenvalue weighted by Gasteiger charge is -2.17. The lowest BCUT2D eigenvalue weighted by Crippen LogP contribution is -2.43. The van der Waals surface area contributed by atoms with Gasteiger partial charge in [0.1, 0.15) is 34.8 Å². The van der Waals surface area contributed by atoms with E-state index in [1.54, 1.807) is 12.1 Å². The number of nitrogens with zero attached hydrogens (tertiary/aromatic N) is 1. The number of hydrogen-bond acceptors (Lipinski definition) is 11. The van der Waals surface area contributed by atoms with Gasteiger partial charge in [0.05, 0.1) is 6.42 Å². The number of aromatic nitrogens is 1. The molecule has 0 fully saturated rings. The summed E-state index contributed by atoms with van der Waals surface area (Å²) in [4.78, 5) is 74.4. The number of aliphatic carboxylic acids is 2. The molecule has 1 aromatic rings. The molecule has 212 valence electrons. The zero-order valence-corrected chi connectivity index (χ0v) is 21.8. The summed E-state index contributed by atoms with van der Waals surface area (Å²) in [7, 11) is 0. The Bertz CT molecular complexity index is 1440. The van der Waals surface area contributed by atoms with Crippen LogP contribution < -0.4 is 26.5 Å². The molecule has 1 aromatic carbocycles. The molecule has 1 aliphatic carbocycles. The van der Waals surface area contributed by atoms with Gasteiger partial charge in [0.15, 0.2) is 16.8 Å². The van der Waals surface area contributed by atoms with Gasteiger partial charge in [-0.3, -0.25) is 28.8 Å². The number of thioether (sulfide) groups is 1. The second kappa shape index (κ2) is 14.0. The Morgan fingerprint density at radius 1 is 1.05 bits per heavy atom. The lowest BCUT2D eigenvalue weighted by molar-refractivity contribution is -0.139. The largest absolute Gasteiger partial charge is 0.480 e. The lowest BCUT2D eigenvalue weighted by atomic mass is 10.1. The van der Waals surface area contributed by atoms with Crippen LogP contribution in [0.5, 0.6) is 5.75 Å². The monoisotopic (exact) mass is 574 g/mol. The maximum atomic E-state index is 12.4. The number of hydrogen-bond donors (Lipinski definition) is 5. The summed E-state index contributed by atoms with van der Waals surface area (Å²) in [5.74, 6) is -3.78. The quantitative estimate of drug-likeness (QED) is 0.0985. The number of amides is 2. The SMILES string of the molecule is NC(CCC(=O)NCC(SCCC(=O)Oc1ccc2nc3ccc(=O)cc-3oc2c1)C(=O)NCC(=O)O)C(=O)O. The number of carboxylic acids is 2. The van der Waals surface area contributed by atoms with E-state index in [-0.39, 0.29) is 48.5 Å². The van der Waals surface area contributed by atoms with Crippen molar-refractivity contribution in [2.24, 2.45) is 5.73 Å². The number of ether oxygens (including phenoxy) is 1. The van der Waals surface area contributed by atoms with Crippen molar-refractivity contribution >= 4 is 52.6 Å². The van der Waals surface area contributed by atoms with Crippen molar-refractivity contribution in [1.29, 1.82) is 0 Å². The highest BCUT2D eigenvalue weighted by atomic mass is 32.2. The van der Waals surface area contributed by atoms with E-state index in [1.165, 1.54) is 24.3 Å². The molecule has 0 radical (unpaired) electrons. The van der Waals surface area contributed by atoms with E-state index in [0.717, 1.165) is 11.8 Å². The third-order valence-corrected chi connectivity index (χ3v) is 6.59. The molecule has 2 atom stereocenters. The molecule has 2 amide bonds.